The zero-order valence-corrected chi connectivity index (χ0v) is 12.6. The summed E-state index contributed by atoms with van der Waals surface area (Å²) in [4.78, 5) is 8.37. The van der Waals surface area contributed by atoms with Crippen molar-refractivity contribution in [2.24, 2.45) is 7.05 Å². The molecule has 0 aliphatic rings. The van der Waals surface area contributed by atoms with E-state index in [2.05, 4.69) is 9.97 Å². The van der Waals surface area contributed by atoms with Gasteiger partial charge in [0, 0.05) is 18.9 Å². The van der Waals surface area contributed by atoms with E-state index in [4.69, 9.17) is 0 Å². The second-order valence-corrected chi connectivity index (χ2v) is 5.35. The van der Waals surface area contributed by atoms with Crippen LogP contribution in [0.1, 0.15) is 11.3 Å². The highest BCUT2D eigenvalue weighted by atomic mass is 19.1. The molecule has 0 amide bonds. The van der Waals surface area contributed by atoms with Gasteiger partial charge < -0.3 is 14.8 Å². The lowest BCUT2D eigenvalue weighted by molar-refractivity contribution is 0.381. The first-order valence-corrected chi connectivity index (χ1v) is 7.17. The molecule has 3 rings (SSSR count). The normalized spacial score (nSPS) is 10.9. The molecule has 6 heteroatoms. The maximum absolute atomic E-state index is 12.9. The first-order valence-electron chi connectivity index (χ1n) is 7.17. The van der Waals surface area contributed by atoms with Crippen LogP contribution in [0.4, 0.5) is 4.39 Å². The Labute approximate surface area is 132 Å². The summed E-state index contributed by atoms with van der Waals surface area (Å²) >= 11 is 0. The molecule has 23 heavy (non-hydrogen) atoms. The van der Waals surface area contributed by atoms with Gasteiger partial charge in [-0.3, -0.25) is 0 Å². The monoisotopic (exact) mass is 313 g/mol. The summed E-state index contributed by atoms with van der Waals surface area (Å²) < 4.78 is 14.3. The number of hydrogen-bond donors (Lipinski definition) is 2. The van der Waals surface area contributed by atoms with Gasteiger partial charge in [0.1, 0.15) is 12.1 Å². The Bertz CT molecular complexity index is 828. The van der Waals surface area contributed by atoms with Gasteiger partial charge in [-0.15, -0.1) is 0 Å². The van der Waals surface area contributed by atoms with Crippen molar-refractivity contribution in [3.8, 4) is 22.9 Å². The van der Waals surface area contributed by atoms with E-state index in [9.17, 15) is 14.6 Å². The number of hydrogen-bond acceptors (Lipinski definition) is 4. The van der Waals surface area contributed by atoms with Crippen LogP contribution in [0.15, 0.2) is 42.9 Å². The van der Waals surface area contributed by atoms with Crippen LogP contribution < -0.4 is 0 Å². The van der Waals surface area contributed by atoms with Gasteiger partial charge in [-0.25, -0.2) is 14.4 Å². The van der Waals surface area contributed by atoms with Gasteiger partial charge in [-0.1, -0.05) is 12.1 Å². The van der Waals surface area contributed by atoms with Crippen molar-refractivity contribution in [3.05, 3.63) is 59.9 Å². The largest absolute Gasteiger partial charge is 0.503 e. The third kappa shape index (κ3) is 3.15. The van der Waals surface area contributed by atoms with Crippen LogP contribution in [0.25, 0.3) is 11.3 Å². The summed E-state index contributed by atoms with van der Waals surface area (Å²) in [6, 6.07) is 8.14. The Hall–Kier alpha value is -2.89. The molecule has 0 aliphatic heterocycles. The molecule has 5 nitrogen and oxygen atoms in total. The number of rotatable bonds is 4. The summed E-state index contributed by atoms with van der Waals surface area (Å²) in [5.74, 6) is -0.653. The minimum Gasteiger partial charge on any atom is -0.503 e. The molecule has 0 bridgehead atoms. The molecule has 2 aromatic heterocycles. The maximum atomic E-state index is 12.9. The number of halogens is 1. The Balaban J connectivity index is 1.79. The third-order valence-electron chi connectivity index (χ3n) is 3.71. The van der Waals surface area contributed by atoms with Crippen LogP contribution in [0.2, 0.25) is 0 Å². The standard InChI is InChI=1S/C17H16FN3O2/c1-21-9-14(16(22)17(21)23)15-8-13(19-10-20-15)7-4-11-2-5-12(18)6-3-11/h2-3,5-6,8-10,22-23H,4,7H2,1H3. The van der Waals surface area contributed by atoms with Gasteiger partial charge in [0.25, 0.3) is 0 Å². The van der Waals surface area contributed by atoms with E-state index >= 15 is 0 Å². The molecule has 0 unspecified atom stereocenters. The molecule has 2 N–H and O–H groups in total. The SMILES string of the molecule is Cn1cc(-c2cc(CCc3ccc(F)cc3)ncn2)c(O)c1O. The van der Waals surface area contributed by atoms with Gasteiger partial charge in [-0.05, 0) is 36.6 Å². The van der Waals surface area contributed by atoms with Crippen LogP contribution >= 0.6 is 0 Å². The van der Waals surface area contributed by atoms with Crippen LogP contribution in [0, 0.1) is 5.82 Å². The molecule has 0 aliphatic carbocycles. The van der Waals surface area contributed by atoms with Gasteiger partial charge in [0.2, 0.25) is 5.88 Å². The highest BCUT2D eigenvalue weighted by Gasteiger charge is 2.15. The molecule has 0 atom stereocenters. The number of aromatic nitrogens is 3. The predicted octanol–water partition coefficient (Wildman–Crippen LogP) is 2.82. The highest BCUT2D eigenvalue weighted by molar-refractivity contribution is 5.69. The van der Waals surface area contributed by atoms with Crippen molar-refractivity contribution >= 4 is 0 Å². The zero-order valence-electron chi connectivity index (χ0n) is 12.6. The average molecular weight is 313 g/mol. The Morgan fingerprint density at radius 2 is 1.83 bits per heavy atom. The predicted molar refractivity (Wildman–Crippen MR) is 83.6 cm³/mol. The first-order chi connectivity index (χ1) is 11.0. The fourth-order valence-corrected chi connectivity index (χ4v) is 2.40. The van der Waals surface area contributed by atoms with Crippen molar-refractivity contribution in [2.45, 2.75) is 12.8 Å². The summed E-state index contributed by atoms with van der Waals surface area (Å²) in [5, 5.41) is 19.6. The fourth-order valence-electron chi connectivity index (χ4n) is 2.40. The van der Waals surface area contributed by atoms with Crippen LogP contribution in [0.5, 0.6) is 11.6 Å². The van der Waals surface area contributed by atoms with Crippen molar-refractivity contribution < 1.29 is 14.6 Å². The van der Waals surface area contributed by atoms with E-state index in [1.54, 1.807) is 31.4 Å². The molecular weight excluding hydrogens is 297 g/mol. The quantitative estimate of drug-likeness (QED) is 0.777. The minimum absolute atomic E-state index is 0.198. The summed E-state index contributed by atoms with van der Waals surface area (Å²) in [6.45, 7) is 0. The van der Waals surface area contributed by atoms with Crippen molar-refractivity contribution in [2.75, 3.05) is 0 Å². The molecule has 0 saturated heterocycles. The summed E-state index contributed by atoms with van der Waals surface area (Å²) in [6.07, 6.45) is 4.43. The van der Waals surface area contributed by atoms with E-state index in [0.29, 0.717) is 17.7 Å². The molecule has 0 spiro atoms. The van der Waals surface area contributed by atoms with Gasteiger partial charge in [-0.2, -0.15) is 0 Å². The molecule has 0 radical (unpaired) electrons. The van der Waals surface area contributed by atoms with Crippen LogP contribution in [-0.4, -0.2) is 24.7 Å². The third-order valence-corrected chi connectivity index (χ3v) is 3.71. The number of benzene rings is 1. The highest BCUT2D eigenvalue weighted by Crippen LogP contribution is 2.36. The van der Waals surface area contributed by atoms with E-state index in [-0.39, 0.29) is 17.4 Å². The van der Waals surface area contributed by atoms with Gasteiger partial charge in [0.15, 0.2) is 5.75 Å². The smallest absolute Gasteiger partial charge is 0.235 e. The summed E-state index contributed by atoms with van der Waals surface area (Å²) in [7, 11) is 1.63. The second kappa shape index (κ2) is 6.08. The molecule has 2 heterocycles. The van der Waals surface area contributed by atoms with Gasteiger partial charge >= 0.3 is 0 Å². The molecule has 0 saturated carbocycles. The lowest BCUT2D eigenvalue weighted by Crippen LogP contribution is -1.96. The molecule has 0 fully saturated rings. The zero-order chi connectivity index (χ0) is 16.4. The molecule has 118 valence electrons. The Kier molecular flexibility index (Phi) is 3.97. The topological polar surface area (TPSA) is 71.2 Å². The minimum atomic E-state index is -0.252. The second-order valence-electron chi connectivity index (χ2n) is 5.35. The van der Waals surface area contributed by atoms with E-state index in [1.165, 1.54) is 23.0 Å². The number of aryl methyl sites for hydroxylation is 3. The van der Waals surface area contributed by atoms with E-state index in [0.717, 1.165) is 17.7 Å². The van der Waals surface area contributed by atoms with E-state index < -0.39 is 0 Å². The van der Waals surface area contributed by atoms with Crippen molar-refractivity contribution in [1.29, 1.82) is 0 Å². The molecule has 1 aromatic carbocycles. The molecule has 3 aromatic rings. The maximum Gasteiger partial charge on any atom is 0.235 e. The van der Waals surface area contributed by atoms with Crippen molar-refractivity contribution in [3.63, 3.8) is 0 Å². The average Bonchev–Trinajstić information content (AvgIpc) is 2.82. The van der Waals surface area contributed by atoms with Crippen molar-refractivity contribution in [1.82, 2.24) is 14.5 Å². The van der Waals surface area contributed by atoms with Crippen LogP contribution in [0.3, 0.4) is 0 Å². The number of nitrogens with zero attached hydrogens (tertiary/aromatic N) is 3. The Morgan fingerprint density at radius 1 is 1.09 bits per heavy atom. The molecular formula is C17H16FN3O2. The van der Waals surface area contributed by atoms with Crippen LogP contribution in [-0.2, 0) is 19.9 Å². The lowest BCUT2D eigenvalue weighted by Gasteiger charge is -2.04. The Morgan fingerprint density at radius 3 is 2.48 bits per heavy atom. The fraction of sp³-hybridized carbons (Fsp3) is 0.176. The number of aromatic hydroxyl groups is 2. The van der Waals surface area contributed by atoms with E-state index in [1.807, 2.05) is 0 Å². The first kappa shape index (κ1) is 15.0. The summed E-state index contributed by atoms with van der Waals surface area (Å²) in [5.41, 5.74) is 2.83. The van der Waals surface area contributed by atoms with Gasteiger partial charge in [0.05, 0.1) is 11.3 Å². The lowest BCUT2D eigenvalue weighted by atomic mass is 10.1.